The third kappa shape index (κ3) is 6.51. The number of benzene rings is 2. The Balaban J connectivity index is 1.83. The largest absolute Gasteiger partial charge is 0.489 e. The zero-order valence-electron chi connectivity index (χ0n) is 19.9. The highest BCUT2D eigenvalue weighted by Crippen LogP contribution is 2.29. The number of carbonyl (C=O) groups excluding carboxylic acids is 2. The van der Waals surface area contributed by atoms with E-state index in [0.717, 1.165) is 16.5 Å². The molecule has 0 spiro atoms. The number of hydrogen-bond acceptors (Lipinski definition) is 5. The summed E-state index contributed by atoms with van der Waals surface area (Å²) >= 11 is 0. The summed E-state index contributed by atoms with van der Waals surface area (Å²) in [5.74, 6) is 0.294. The highest BCUT2D eigenvalue weighted by molar-refractivity contribution is 5.96. The van der Waals surface area contributed by atoms with Crippen molar-refractivity contribution in [2.24, 2.45) is 0 Å². The molecule has 33 heavy (non-hydrogen) atoms. The van der Waals surface area contributed by atoms with Crippen LogP contribution in [-0.4, -0.2) is 35.4 Å². The van der Waals surface area contributed by atoms with Gasteiger partial charge in [0.15, 0.2) is 0 Å². The molecule has 1 aromatic heterocycles. The van der Waals surface area contributed by atoms with Crippen LogP contribution in [0.3, 0.4) is 0 Å². The maximum Gasteiger partial charge on any atom is 0.407 e. The Morgan fingerprint density at radius 3 is 2.45 bits per heavy atom. The molecule has 3 rings (SSSR count). The van der Waals surface area contributed by atoms with E-state index in [1.54, 1.807) is 13.0 Å². The molecule has 0 unspecified atom stereocenters. The van der Waals surface area contributed by atoms with Crippen molar-refractivity contribution >= 4 is 23.0 Å². The first-order chi connectivity index (χ1) is 15.7. The van der Waals surface area contributed by atoms with Crippen LogP contribution in [0, 0.1) is 0 Å². The van der Waals surface area contributed by atoms with Crippen LogP contribution in [-0.2, 0) is 16.1 Å². The predicted molar refractivity (Wildman–Crippen MR) is 128 cm³/mol. The lowest BCUT2D eigenvalue weighted by molar-refractivity contribution is 0.0512. The second kappa shape index (κ2) is 10.4. The molecule has 0 bridgehead atoms. The van der Waals surface area contributed by atoms with Crippen molar-refractivity contribution in [3.63, 3.8) is 0 Å². The summed E-state index contributed by atoms with van der Waals surface area (Å²) in [4.78, 5) is 24.8. The molecule has 1 atom stereocenters. The van der Waals surface area contributed by atoms with Gasteiger partial charge in [-0.05, 0) is 64.4 Å². The van der Waals surface area contributed by atoms with Gasteiger partial charge in [0.05, 0.1) is 6.61 Å². The third-order valence-corrected chi connectivity index (χ3v) is 4.92. The summed E-state index contributed by atoms with van der Waals surface area (Å²) < 4.78 is 18.4. The van der Waals surface area contributed by atoms with Crippen molar-refractivity contribution in [2.75, 3.05) is 13.2 Å². The number of aromatic nitrogens is 1. The van der Waals surface area contributed by atoms with E-state index in [1.807, 2.05) is 80.8 Å². The van der Waals surface area contributed by atoms with Crippen molar-refractivity contribution in [2.45, 2.75) is 52.9 Å². The van der Waals surface area contributed by atoms with Crippen LogP contribution < -0.4 is 10.1 Å². The first-order valence-corrected chi connectivity index (χ1v) is 11.1. The predicted octanol–water partition coefficient (Wildman–Crippen LogP) is 5.48. The van der Waals surface area contributed by atoms with Crippen LogP contribution in [0.4, 0.5) is 4.79 Å². The van der Waals surface area contributed by atoms with Crippen molar-refractivity contribution in [1.82, 2.24) is 9.88 Å². The van der Waals surface area contributed by atoms with Gasteiger partial charge in [-0.1, -0.05) is 30.3 Å². The fourth-order valence-electron chi connectivity index (χ4n) is 3.52. The lowest BCUT2D eigenvalue weighted by Crippen LogP contribution is -2.35. The Bertz CT molecular complexity index is 1100. The van der Waals surface area contributed by atoms with Gasteiger partial charge < -0.3 is 24.1 Å². The summed E-state index contributed by atoms with van der Waals surface area (Å²) in [6.07, 6.45) is -0.500. The number of ether oxygens (including phenoxy) is 3. The normalized spacial score (nSPS) is 12.3. The van der Waals surface area contributed by atoms with Crippen LogP contribution in [0.5, 0.6) is 5.75 Å². The zero-order chi connectivity index (χ0) is 24.0. The number of nitrogens with zero attached hydrogens (tertiary/aromatic N) is 1. The lowest BCUT2D eigenvalue weighted by atomic mass is 10.2. The van der Waals surface area contributed by atoms with Crippen molar-refractivity contribution in [3.8, 4) is 5.75 Å². The minimum atomic E-state index is -0.584. The fraction of sp³-hybridized carbons (Fsp3) is 0.385. The summed E-state index contributed by atoms with van der Waals surface area (Å²) in [5.41, 5.74) is 1.76. The molecule has 0 aliphatic heterocycles. The van der Waals surface area contributed by atoms with Gasteiger partial charge in [-0.15, -0.1) is 0 Å². The highest BCUT2D eigenvalue weighted by atomic mass is 16.6. The number of amides is 1. The Kier molecular flexibility index (Phi) is 7.63. The topological polar surface area (TPSA) is 78.8 Å². The van der Waals surface area contributed by atoms with Crippen LogP contribution in [0.15, 0.2) is 54.6 Å². The molecule has 0 saturated carbocycles. The highest BCUT2D eigenvalue weighted by Gasteiger charge is 2.22. The quantitative estimate of drug-likeness (QED) is 0.458. The van der Waals surface area contributed by atoms with E-state index < -0.39 is 17.7 Å². The average molecular weight is 453 g/mol. The average Bonchev–Trinajstić information content (AvgIpc) is 3.15. The lowest BCUT2D eigenvalue weighted by Gasteiger charge is -2.22. The van der Waals surface area contributed by atoms with Gasteiger partial charge in [-0.2, -0.15) is 0 Å². The maximum absolute atomic E-state index is 12.7. The second-order valence-electron chi connectivity index (χ2n) is 8.85. The Morgan fingerprint density at radius 1 is 1.06 bits per heavy atom. The van der Waals surface area contributed by atoms with Crippen LogP contribution in [0.2, 0.25) is 0 Å². The van der Waals surface area contributed by atoms with Gasteiger partial charge in [0, 0.05) is 23.5 Å². The van der Waals surface area contributed by atoms with Crippen molar-refractivity contribution in [3.05, 3.63) is 65.9 Å². The molecule has 176 valence electrons. The van der Waals surface area contributed by atoms with Gasteiger partial charge >= 0.3 is 12.1 Å². The summed E-state index contributed by atoms with van der Waals surface area (Å²) in [6, 6.07) is 17.2. The van der Waals surface area contributed by atoms with E-state index in [4.69, 9.17) is 14.2 Å². The molecule has 2 aromatic carbocycles. The molecule has 1 heterocycles. The van der Waals surface area contributed by atoms with Gasteiger partial charge in [0.2, 0.25) is 0 Å². The molecule has 0 fully saturated rings. The molecule has 1 amide bonds. The first-order valence-electron chi connectivity index (χ1n) is 11.1. The molecule has 1 N–H and O–H groups in total. The molecular weight excluding hydrogens is 420 g/mol. The van der Waals surface area contributed by atoms with E-state index in [2.05, 4.69) is 5.32 Å². The standard InChI is InChI=1S/C26H32N2O5/c1-6-31-24(29)23-15-20-14-21(32-17-19-10-8-7-9-11-19)12-13-22(20)28(23)18(2)16-27-25(30)33-26(3,4)5/h7-15,18H,6,16-17H2,1-5H3,(H,27,30)/t18-/m0/s1. The van der Waals surface area contributed by atoms with E-state index in [9.17, 15) is 9.59 Å². The Labute approximate surface area is 194 Å². The summed E-state index contributed by atoms with van der Waals surface area (Å²) in [6.45, 7) is 10.2. The molecular formula is C26H32N2O5. The molecule has 7 nitrogen and oxygen atoms in total. The second-order valence-corrected chi connectivity index (χ2v) is 8.85. The molecule has 0 radical (unpaired) electrons. The Morgan fingerprint density at radius 2 is 1.79 bits per heavy atom. The maximum atomic E-state index is 12.7. The first kappa shape index (κ1) is 24.2. The third-order valence-electron chi connectivity index (χ3n) is 4.92. The van der Waals surface area contributed by atoms with Crippen LogP contribution >= 0.6 is 0 Å². The van der Waals surface area contributed by atoms with Crippen LogP contribution in [0.25, 0.3) is 10.9 Å². The van der Waals surface area contributed by atoms with E-state index in [-0.39, 0.29) is 19.2 Å². The van der Waals surface area contributed by atoms with Crippen molar-refractivity contribution in [1.29, 1.82) is 0 Å². The minimum Gasteiger partial charge on any atom is -0.489 e. The van der Waals surface area contributed by atoms with E-state index in [1.165, 1.54) is 0 Å². The smallest absolute Gasteiger partial charge is 0.407 e. The number of fused-ring (bicyclic) bond motifs is 1. The monoisotopic (exact) mass is 452 g/mol. The van der Waals surface area contributed by atoms with E-state index >= 15 is 0 Å². The molecule has 7 heteroatoms. The number of hydrogen-bond donors (Lipinski definition) is 1. The SMILES string of the molecule is CCOC(=O)c1cc2cc(OCc3ccccc3)ccc2n1[C@@H](C)CNC(=O)OC(C)(C)C. The van der Waals surface area contributed by atoms with Gasteiger partial charge in [-0.3, -0.25) is 0 Å². The molecule has 0 saturated heterocycles. The van der Waals surface area contributed by atoms with Crippen molar-refractivity contribution < 1.29 is 23.8 Å². The number of esters is 1. The zero-order valence-corrected chi connectivity index (χ0v) is 19.9. The number of alkyl carbamates (subject to hydrolysis) is 1. The van der Waals surface area contributed by atoms with Gasteiger partial charge in [-0.25, -0.2) is 9.59 Å². The number of nitrogens with one attached hydrogen (secondary N) is 1. The van der Waals surface area contributed by atoms with Gasteiger partial charge in [0.25, 0.3) is 0 Å². The molecule has 3 aromatic rings. The molecule has 0 aliphatic rings. The molecule has 0 aliphatic carbocycles. The van der Waals surface area contributed by atoms with E-state index in [0.29, 0.717) is 18.1 Å². The number of rotatable bonds is 8. The minimum absolute atomic E-state index is 0.217. The number of carbonyl (C=O) groups is 2. The fourth-order valence-corrected chi connectivity index (χ4v) is 3.52. The Hall–Kier alpha value is -3.48. The summed E-state index contributed by atoms with van der Waals surface area (Å²) in [5, 5.41) is 3.64. The summed E-state index contributed by atoms with van der Waals surface area (Å²) in [7, 11) is 0. The van der Waals surface area contributed by atoms with Crippen LogP contribution in [0.1, 0.15) is 56.7 Å². The van der Waals surface area contributed by atoms with Gasteiger partial charge in [0.1, 0.15) is 23.7 Å².